The molecule has 0 saturated heterocycles. The van der Waals surface area contributed by atoms with Crippen molar-refractivity contribution in [1.29, 1.82) is 0 Å². The molecule has 0 heterocycles. The summed E-state index contributed by atoms with van der Waals surface area (Å²) >= 11 is 5.77. The zero-order valence-corrected chi connectivity index (χ0v) is 10.9. The summed E-state index contributed by atoms with van der Waals surface area (Å²) in [5.41, 5.74) is 1.05. The van der Waals surface area contributed by atoms with E-state index in [2.05, 4.69) is 10.6 Å². The molecule has 0 saturated carbocycles. The lowest BCUT2D eigenvalue weighted by Crippen LogP contribution is -2.33. The summed E-state index contributed by atoms with van der Waals surface area (Å²) in [7, 11) is 1.74. The van der Waals surface area contributed by atoms with Crippen LogP contribution >= 0.6 is 24.0 Å². The number of halogens is 2. The summed E-state index contributed by atoms with van der Waals surface area (Å²) in [6, 6.07) is 7.46. The molecule has 2 N–H and O–H groups in total. The largest absolute Gasteiger partial charge is 0.348 e. The van der Waals surface area contributed by atoms with Gasteiger partial charge in [-0.1, -0.05) is 23.7 Å². The normalized spacial score (nSPS) is 11.4. The maximum atomic E-state index is 11.3. The molecule has 0 aliphatic carbocycles. The summed E-state index contributed by atoms with van der Waals surface area (Å²) in [5.74, 6) is -0.0139. The van der Waals surface area contributed by atoms with E-state index in [4.69, 9.17) is 11.6 Å². The van der Waals surface area contributed by atoms with Gasteiger partial charge in [0.1, 0.15) is 0 Å². The molecule has 0 bridgehead atoms. The Morgan fingerprint density at radius 3 is 2.44 bits per heavy atom. The first-order valence-electron chi connectivity index (χ1n) is 4.83. The third kappa shape index (κ3) is 4.84. The summed E-state index contributed by atoms with van der Waals surface area (Å²) in [4.78, 5) is 11.3. The third-order valence-corrected chi connectivity index (χ3v) is 2.34. The zero-order chi connectivity index (χ0) is 11.3. The molecule has 0 aliphatic heterocycles. The number of likely N-dealkylation sites (N-methyl/N-ethyl adjacent to an activating group) is 1. The van der Waals surface area contributed by atoms with Crippen molar-refractivity contribution in [3.05, 3.63) is 34.9 Å². The summed E-state index contributed by atoms with van der Waals surface area (Å²) in [6.45, 7) is 2.27. The maximum Gasteiger partial charge on any atom is 0.234 e. The molecule has 1 amide bonds. The molecule has 0 spiro atoms. The van der Waals surface area contributed by atoms with Crippen LogP contribution in [0.15, 0.2) is 24.3 Å². The zero-order valence-electron chi connectivity index (χ0n) is 9.29. The molecule has 3 nitrogen and oxygen atoms in total. The highest BCUT2D eigenvalue weighted by atomic mass is 35.5. The quantitative estimate of drug-likeness (QED) is 0.874. The number of hydrogen-bond donors (Lipinski definition) is 2. The molecule has 5 heteroatoms. The van der Waals surface area contributed by atoms with Crippen LogP contribution in [0.3, 0.4) is 0 Å². The van der Waals surface area contributed by atoms with E-state index in [9.17, 15) is 4.79 Å². The smallest absolute Gasteiger partial charge is 0.234 e. The highest BCUT2D eigenvalue weighted by Gasteiger charge is 2.07. The molecule has 0 radical (unpaired) electrons. The monoisotopic (exact) mass is 262 g/mol. The molecule has 0 fully saturated rings. The Kier molecular flexibility index (Phi) is 7.13. The SMILES string of the molecule is CNCC(=O)NC(C)c1ccc(Cl)cc1.Cl. The van der Waals surface area contributed by atoms with Crippen molar-refractivity contribution in [3.63, 3.8) is 0 Å². The molecule has 0 aliphatic rings. The van der Waals surface area contributed by atoms with Crippen LogP contribution in [-0.4, -0.2) is 19.5 Å². The van der Waals surface area contributed by atoms with Gasteiger partial charge in [-0.2, -0.15) is 0 Å². The molecule has 16 heavy (non-hydrogen) atoms. The van der Waals surface area contributed by atoms with E-state index >= 15 is 0 Å². The highest BCUT2D eigenvalue weighted by molar-refractivity contribution is 6.30. The Bertz CT molecular complexity index is 327. The Balaban J connectivity index is 0.00000225. The lowest BCUT2D eigenvalue weighted by molar-refractivity contribution is -0.120. The molecule has 1 aromatic rings. The van der Waals surface area contributed by atoms with Crippen molar-refractivity contribution >= 4 is 29.9 Å². The average molecular weight is 263 g/mol. The van der Waals surface area contributed by atoms with Crippen LogP contribution in [-0.2, 0) is 4.79 Å². The molecule has 1 unspecified atom stereocenters. The second kappa shape index (κ2) is 7.49. The van der Waals surface area contributed by atoms with Crippen molar-refractivity contribution in [2.75, 3.05) is 13.6 Å². The first kappa shape index (κ1) is 15.2. The second-order valence-electron chi connectivity index (χ2n) is 3.37. The number of amides is 1. The van der Waals surface area contributed by atoms with Crippen LogP contribution in [0, 0.1) is 0 Å². The van der Waals surface area contributed by atoms with Gasteiger partial charge in [0.05, 0.1) is 12.6 Å². The van der Waals surface area contributed by atoms with Gasteiger partial charge in [-0.3, -0.25) is 4.79 Å². The van der Waals surface area contributed by atoms with E-state index in [0.717, 1.165) is 5.56 Å². The van der Waals surface area contributed by atoms with E-state index < -0.39 is 0 Å². The summed E-state index contributed by atoms with van der Waals surface area (Å²) in [6.07, 6.45) is 0. The van der Waals surface area contributed by atoms with Gasteiger partial charge in [0.15, 0.2) is 0 Å². The lowest BCUT2D eigenvalue weighted by atomic mass is 10.1. The average Bonchev–Trinajstić information content (AvgIpc) is 2.18. The minimum Gasteiger partial charge on any atom is -0.348 e. The van der Waals surface area contributed by atoms with Gasteiger partial charge in [0.25, 0.3) is 0 Å². The van der Waals surface area contributed by atoms with Gasteiger partial charge in [-0.15, -0.1) is 12.4 Å². The van der Waals surface area contributed by atoms with Gasteiger partial charge >= 0.3 is 0 Å². The fraction of sp³-hybridized carbons (Fsp3) is 0.364. The predicted octanol–water partition coefficient (Wildman–Crippen LogP) is 2.16. The van der Waals surface area contributed by atoms with E-state index in [0.29, 0.717) is 11.6 Å². The van der Waals surface area contributed by atoms with Crippen molar-refractivity contribution in [2.45, 2.75) is 13.0 Å². The predicted molar refractivity (Wildman–Crippen MR) is 69.2 cm³/mol. The fourth-order valence-electron chi connectivity index (χ4n) is 1.29. The second-order valence-corrected chi connectivity index (χ2v) is 3.81. The van der Waals surface area contributed by atoms with Crippen LogP contribution < -0.4 is 10.6 Å². The van der Waals surface area contributed by atoms with E-state index in [1.54, 1.807) is 7.05 Å². The van der Waals surface area contributed by atoms with E-state index in [1.165, 1.54) is 0 Å². The van der Waals surface area contributed by atoms with Crippen molar-refractivity contribution in [2.24, 2.45) is 0 Å². The Labute approximate surface area is 107 Å². The summed E-state index contributed by atoms with van der Waals surface area (Å²) in [5, 5.41) is 6.37. The number of benzene rings is 1. The van der Waals surface area contributed by atoms with Crippen LogP contribution in [0.4, 0.5) is 0 Å². The van der Waals surface area contributed by atoms with Crippen LogP contribution in [0.1, 0.15) is 18.5 Å². The Morgan fingerprint density at radius 2 is 1.94 bits per heavy atom. The van der Waals surface area contributed by atoms with Gasteiger partial charge in [0, 0.05) is 5.02 Å². The molecular weight excluding hydrogens is 247 g/mol. The first-order valence-corrected chi connectivity index (χ1v) is 5.20. The standard InChI is InChI=1S/C11H15ClN2O.ClH/c1-8(14-11(15)7-13-2)9-3-5-10(12)6-4-9;/h3-6,8,13H,7H2,1-2H3,(H,14,15);1H. The Hall–Kier alpha value is -0.770. The van der Waals surface area contributed by atoms with Gasteiger partial charge < -0.3 is 10.6 Å². The summed E-state index contributed by atoms with van der Waals surface area (Å²) < 4.78 is 0. The molecule has 90 valence electrons. The minimum absolute atomic E-state index is 0. The first-order chi connectivity index (χ1) is 7.13. The Morgan fingerprint density at radius 1 is 1.38 bits per heavy atom. The van der Waals surface area contributed by atoms with Crippen LogP contribution in [0.5, 0.6) is 0 Å². The third-order valence-electron chi connectivity index (χ3n) is 2.08. The van der Waals surface area contributed by atoms with Gasteiger partial charge in [0.2, 0.25) is 5.91 Å². The molecule has 0 aromatic heterocycles. The van der Waals surface area contributed by atoms with E-state index in [-0.39, 0.29) is 24.4 Å². The molecular formula is C11H16Cl2N2O. The maximum absolute atomic E-state index is 11.3. The highest BCUT2D eigenvalue weighted by Crippen LogP contribution is 2.15. The number of carbonyl (C=O) groups is 1. The van der Waals surface area contributed by atoms with Gasteiger partial charge in [-0.05, 0) is 31.7 Å². The number of carbonyl (C=O) groups excluding carboxylic acids is 1. The fourth-order valence-corrected chi connectivity index (χ4v) is 1.41. The minimum atomic E-state index is -0.0139. The van der Waals surface area contributed by atoms with Crippen molar-refractivity contribution in [1.82, 2.24) is 10.6 Å². The molecule has 1 aromatic carbocycles. The number of hydrogen-bond acceptors (Lipinski definition) is 2. The lowest BCUT2D eigenvalue weighted by Gasteiger charge is -2.14. The van der Waals surface area contributed by atoms with Crippen molar-refractivity contribution < 1.29 is 4.79 Å². The topological polar surface area (TPSA) is 41.1 Å². The molecule has 1 rings (SSSR count). The van der Waals surface area contributed by atoms with E-state index in [1.807, 2.05) is 31.2 Å². The number of nitrogens with one attached hydrogen (secondary N) is 2. The van der Waals surface area contributed by atoms with Crippen LogP contribution in [0.2, 0.25) is 5.02 Å². The van der Waals surface area contributed by atoms with Gasteiger partial charge in [-0.25, -0.2) is 0 Å². The van der Waals surface area contributed by atoms with Crippen molar-refractivity contribution in [3.8, 4) is 0 Å². The van der Waals surface area contributed by atoms with Crippen LogP contribution in [0.25, 0.3) is 0 Å². The molecule has 1 atom stereocenters. The number of rotatable bonds is 4.